The van der Waals surface area contributed by atoms with Crippen LogP contribution in [0.25, 0.3) is 10.6 Å². The molecule has 154 valence electrons. The molecule has 6 nitrogen and oxygen atoms in total. The summed E-state index contributed by atoms with van der Waals surface area (Å²) in [6, 6.07) is 0. The molecular formula is C18H15F3N2O4S2. The molecule has 2 aromatic heterocycles. The third kappa shape index (κ3) is 3.81. The van der Waals surface area contributed by atoms with Gasteiger partial charge in [-0.05, 0) is 31.2 Å². The van der Waals surface area contributed by atoms with Crippen LogP contribution in [0.5, 0.6) is 0 Å². The van der Waals surface area contributed by atoms with E-state index in [2.05, 4.69) is 10.3 Å². The summed E-state index contributed by atoms with van der Waals surface area (Å²) in [7, 11) is 0. The van der Waals surface area contributed by atoms with E-state index in [9.17, 15) is 27.9 Å². The Morgan fingerprint density at radius 2 is 1.97 bits per heavy atom. The van der Waals surface area contributed by atoms with Crippen molar-refractivity contribution in [2.24, 2.45) is 0 Å². The number of rotatable bonds is 4. The molecule has 2 N–H and O–H groups in total. The van der Waals surface area contributed by atoms with Gasteiger partial charge in [0, 0.05) is 27.0 Å². The van der Waals surface area contributed by atoms with Crippen LogP contribution in [0.4, 0.5) is 18.2 Å². The first kappa shape index (κ1) is 20.0. The molecule has 0 fully saturated rings. The number of aliphatic carboxylic acids is 1. The molecule has 1 aliphatic carbocycles. The Hall–Kier alpha value is -2.24. The number of fused-ring (bicyclic) bond motifs is 1. The summed E-state index contributed by atoms with van der Waals surface area (Å²) in [4.78, 5) is 28.6. The van der Waals surface area contributed by atoms with E-state index in [-0.39, 0.29) is 16.2 Å². The summed E-state index contributed by atoms with van der Waals surface area (Å²) in [5, 5.41) is 13.5. The number of nitrogens with one attached hydrogen (secondary N) is 1. The lowest BCUT2D eigenvalue weighted by Gasteiger charge is -2.13. The Labute approximate surface area is 171 Å². The molecule has 2 aliphatic rings. The standard InChI is InChI=1S/C18H15F3N2O4S2/c19-18(20,21)12-7-28-15(22-12)13-10-4-5-27-6-11(10)29-16(13)23-14(24)8-2-1-3-9(8)17(25)26/h7H,1-6H2,(H,23,24)(H,25,26). The highest BCUT2D eigenvalue weighted by molar-refractivity contribution is 7.18. The van der Waals surface area contributed by atoms with Crippen molar-refractivity contribution in [1.82, 2.24) is 4.98 Å². The molecular weight excluding hydrogens is 429 g/mol. The van der Waals surface area contributed by atoms with Crippen LogP contribution in [0, 0.1) is 0 Å². The quantitative estimate of drug-likeness (QED) is 0.727. The lowest BCUT2D eigenvalue weighted by atomic mass is 10.1. The number of aromatic nitrogens is 1. The molecule has 0 saturated carbocycles. The minimum atomic E-state index is -4.55. The smallest absolute Gasteiger partial charge is 0.434 e. The van der Waals surface area contributed by atoms with Crippen molar-refractivity contribution in [3.05, 3.63) is 32.7 Å². The largest absolute Gasteiger partial charge is 0.478 e. The third-order valence-electron chi connectivity index (χ3n) is 4.81. The Bertz CT molecular complexity index is 1020. The van der Waals surface area contributed by atoms with Crippen molar-refractivity contribution in [2.45, 2.75) is 38.5 Å². The van der Waals surface area contributed by atoms with Gasteiger partial charge < -0.3 is 15.2 Å². The number of hydrogen-bond donors (Lipinski definition) is 2. The highest BCUT2D eigenvalue weighted by Gasteiger charge is 2.35. The van der Waals surface area contributed by atoms with Crippen LogP contribution >= 0.6 is 22.7 Å². The van der Waals surface area contributed by atoms with Gasteiger partial charge in [0.05, 0.1) is 13.2 Å². The number of alkyl halides is 3. The van der Waals surface area contributed by atoms with Gasteiger partial charge in [0.15, 0.2) is 5.69 Å². The van der Waals surface area contributed by atoms with Gasteiger partial charge >= 0.3 is 12.1 Å². The number of anilines is 1. The number of thiophene rings is 1. The number of carbonyl (C=O) groups is 2. The average molecular weight is 444 g/mol. The van der Waals surface area contributed by atoms with E-state index in [4.69, 9.17) is 4.74 Å². The number of hydrogen-bond acceptors (Lipinski definition) is 6. The van der Waals surface area contributed by atoms with Crippen LogP contribution in [0.3, 0.4) is 0 Å². The van der Waals surface area contributed by atoms with Gasteiger partial charge in [-0.1, -0.05) is 0 Å². The SMILES string of the molecule is O=C(O)C1=C(C(=O)Nc2sc3c(c2-c2nc(C(F)(F)F)cs2)CCOC3)CCC1. The van der Waals surface area contributed by atoms with Crippen LogP contribution in [-0.4, -0.2) is 28.6 Å². The van der Waals surface area contributed by atoms with E-state index in [1.165, 1.54) is 11.3 Å². The topological polar surface area (TPSA) is 88.5 Å². The van der Waals surface area contributed by atoms with E-state index in [0.29, 0.717) is 49.5 Å². The lowest BCUT2D eigenvalue weighted by Crippen LogP contribution is -2.16. The molecule has 0 radical (unpaired) electrons. The maximum Gasteiger partial charge on any atom is 0.434 e. The molecule has 3 heterocycles. The predicted octanol–water partition coefficient (Wildman–Crippen LogP) is 4.47. The molecule has 29 heavy (non-hydrogen) atoms. The fraction of sp³-hybridized carbons (Fsp3) is 0.389. The summed E-state index contributed by atoms with van der Waals surface area (Å²) in [5.41, 5.74) is 0.605. The molecule has 0 spiro atoms. The second-order valence-electron chi connectivity index (χ2n) is 6.62. The molecule has 4 rings (SSSR count). The molecule has 0 saturated heterocycles. The van der Waals surface area contributed by atoms with E-state index in [0.717, 1.165) is 27.2 Å². The van der Waals surface area contributed by atoms with Crippen LogP contribution < -0.4 is 5.32 Å². The lowest BCUT2D eigenvalue weighted by molar-refractivity contribution is -0.140. The van der Waals surface area contributed by atoms with Gasteiger partial charge in [0.1, 0.15) is 10.0 Å². The number of ether oxygens (including phenoxy) is 1. The summed E-state index contributed by atoms with van der Waals surface area (Å²) >= 11 is 2.09. The van der Waals surface area contributed by atoms with Crippen LogP contribution in [-0.2, 0) is 33.5 Å². The maximum atomic E-state index is 13.0. The first-order chi connectivity index (χ1) is 13.8. The van der Waals surface area contributed by atoms with Gasteiger partial charge in [0.25, 0.3) is 5.91 Å². The van der Waals surface area contributed by atoms with Gasteiger partial charge in [-0.3, -0.25) is 4.79 Å². The molecule has 0 unspecified atom stereocenters. The number of amides is 1. The Balaban J connectivity index is 1.73. The minimum absolute atomic E-state index is 0.0855. The first-order valence-electron chi connectivity index (χ1n) is 8.77. The summed E-state index contributed by atoms with van der Waals surface area (Å²) in [6.07, 6.45) is -2.80. The zero-order chi connectivity index (χ0) is 20.8. The van der Waals surface area contributed by atoms with E-state index in [1.54, 1.807) is 0 Å². The van der Waals surface area contributed by atoms with Crippen molar-refractivity contribution in [3.8, 4) is 10.6 Å². The summed E-state index contributed by atoms with van der Waals surface area (Å²) in [5.74, 6) is -1.66. The zero-order valence-electron chi connectivity index (χ0n) is 14.9. The summed E-state index contributed by atoms with van der Waals surface area (Å²) in [6.45, 7) is 0.736. The number of carbonyl (C=O) groups excluding carboxylic acids is 1. The second-order valence-corrected chi connectivity index (χ2v) is 8.58. The number of thiazole rings is 1. The van der Waals surface area contributed by atoms with Gasteiger partial charge in [-0.15, -0.1) is 22.7 Å². The minimum Gasteiger partial charge on any atom is -0.478 e. The fourth-order valence-electron chi connectivity index (χ4n) is 3.47. The van der Waals surface area contributed by atoms with E-state index in [1.807, 2.05) is 0 Å². The number of nitrogens with zero attached hydrogens (tertiary/aromatic N) is 1. The highest BCUT2D eigenvalue weighted by atomic mass is 32.1. The molecule has 1 aliphatic heterocycles. The van der Waals surface area contributed by atoms with Gasteiger partial charge in [-0.2, -0.15) is 13.2 Å². The van der Waals surface area contributed by atoms with Crippen LogP contribution in [0.15, 0.2) is 16.5 Å². The maximum absolute atomic E-state index is 13.0. The molecule has 0 aromatic carbocycles. The second kappa shape index (κ2) is 7.54. The van der Waals surface area contributed by atoms with Crippen LogP contribution in [0.1, 0.15) is 35.4 Å². The molecule has 0 bridgehead atoms. The van der Waals surface area contributed by atoms with Crippen LogP contribution in [0.2, 0.25) is 0 Å². The van der Waals surface area contributed by atoms with Gasteiger partial charge in [-0.25, -0.2) is 9.78 Å². The molecule has 11 heteroatoms. The Morgan fingerprint density at radius 3 is 2.66 bits per heavy atom. The number of halogens is 3. The fourth-order valence-corrected chi connectivity index (χ4v) is 5.62. The van der Waals surface area contributed by atoms with E-state index >= 15 is 0 Å². The molecule has 1 amide bonds. The molecule has 0 atom stereocenters. The van der Waals surface area contributed by atoms with Crippen molar-refractivity contribution in [3.63, 3.8) is 0 Å². The van der Waals surface area contributed by atoms with Gasteiger partial charge in [0.2, 0.25) is 0 Å². The zero-order valence-corrected chi connectivity index (χ0v) is 16.5. The monoisotopic (exact) mass is 444 g/mol. The molecule has 2 aromatic rings. The van der Waals surface area contributed by atoms with Crippen molar-refractivity contribution < 1.29 is 32.6 Å². The normalized spacial score (nSPS) is 16.8. The first-order valence-corrected chi connectivity index (χ1v) is 10.5. The van der Waals surface area contributed by atoms with Crippen molar-refractivity contribution in [1.29, 1.82) is 0 Å². The van der Waals surface area contributed by atoms with E-state index < -0.39 is 23.7 Å². The summed E-state index contributed by atoms with van der Waals surface area (Å²) < 4.78 is 44.5. The highest BCUT2D eigenvalue weighted by Crippen LogP contribution is 2.45. The Kier molecular flexibility index (Phi) is 5.21. The van der Waals surface area contributed by atoms with Crippen molar-refractivity contribution in [2.75, 3.05) is 11.9 Å². The number of carboxylic acid groups (broad SMARTS) is 1. The van der Waals surface area contributed by atoms with Crippen molar-refractivity contribution >= 4 is 39.6 Å². The Morgan fingerprint density at radius 1 is 1.21 bits per heavy atom. The average Bonchev–Trinajstić information content (AvgIpc) is 3.38. The number of carboxylic acids is 1. The third-order valence-corrected chi connectivity index (χ3v) is 6.79. The predicted molar refractivity (Wildman–Crippen MR) is 101 cm³/mol.